The van der Waals surface area contributed by atoms with Crippen LogP contribution in [0.5, 0.6) is 0 Å². The predicted octanol–water partition coefficient (Wildman–Crippen LogP) is 3.90. The zero-order valence-electron chi connectivity index (χ0n) is 11.4. The lowest BCUT2D eigenvalue weighted by atomic mass is 10.2. The second kappa shape index (κ2) is 4.92. The maximum atomic E-state index is 5.87. The molecule has 0 aliphatic rings. The molecule has 0 saturated carbocycles. The Balaban J connectivity index is 1.76. The van der Waals surface area contributed by atoms with Gasteiger partial charge in [0, 0.05) is 16.8 Å². The summed E-state index contributed by atoms with van der Waals surface area (Å²) in [5.41, 5.74) is 2.77. The molecule has 1 aromatic carbocycles. The van der Waals surface area contributed by atoms with Crippen LogP contribution in [0.25, 0.3) is 34.0 Å². The first-order chi connectivity index (χ1) is 10.7. The lowest BCUT2D eigenvalue weighted by molar-refractivity contribution is 0.443. The molecule has 0 radical (unpaired) electrons. The average Bonchev–Trinajstić information content (AvgIpc) is 3.16. The number of rotatable bonds is 2. The third kappa shape index (κ3) is 2.14. The number of nitrogens with zero attached hydrogens (tertiary/aromatic N) is 4. The fraction of sp³-hybridized carbons (Fsp3) is 0.0667. The summed E-state index contributed by atoms with van der Waals surface area (Å²) in [6, 6.07) is 9.06. The van der Waals surface area contributed by atoms with Gasteiger partial charge < -0.3 is 8.94 Å². The molecule has 3 aromatic heterocycles. The summed E-state index contributed by atoms with van der Waals surface area (Å²) in [6.45, 7) is 1.85. The second-order valence-electron chi connectivity index (χ2n) is 4.76. The fourth-order valence-corrected chi connectivity index (χ4v) is 2.24. The van der Waals surface area contributed by atoms with Gasteiger partial charge in [-0.1, -0.05) is 16.8 Å². The zero-order chi connectivity index (χ0) is 15.1. The largest absolute Gasteiger partial charge is 0.416 e. The van der Waals surface area contributed by atoms with Crippen LogP contribution in [-0.4, -0.2) is 20.3 Å². The van der Waals surface area contributed by atoms with Gasteiger partial charge in [0.25, 0.3) is 5.71 Å². The molecule has 0 saturated heterocycles. The van der Waals surface area contributed by atoms with E-state index in [9.17, 15) is 0 Å². The minimum absolute atomic E-state index is 0.389. The minimum Gasteiger partial charge on any atom is -0.416 e. The average molecular weight is 313 g/mol. The summed E-state index contributed by atoms with van der Waals surface area (Å²) in [4.78, 5) is 4.20. The van der Waals surface area contributed by atoms with Crippen LogP contribution < -0.4 is 0 Å². The minimum atomic E-state index is 0.389. The van der Waals surface area contributed by atoms with E-state index in [2.05, 4.69) is 20.3 Å². The Hall–Kier alpha value is -2.73. The number of halogens is 1. The van der Waals surface area contributed by atoms with Crippen molar-refractivity contribution in [1.29, 1.82) is 0 Å². The Labute approximate surface area is 129 Å². The maximum Gasteiger partial charge on any atom is 0.257 e. The van der Waals surface area contributed by atoms with E-state index in [-0.39, 0.29) is 0 Å². The van der Waals surface area contributed by atoms with E-state index >= 15 is 0 Å². The fourth-order valence-electron chi connectivity index (χ4n) is 2.11. The quantitative estimate of drug-likeness (QED) is 0.558. The summed E-state index contributed by atoms with van der Waals surface area (Å²) >= 11 is 5.87. The summed E-state index contributed by atoms with van der Waals surface area (Å²) in [6.07, 6.45) is 1.62. The Morgan fingerprint density at radius 3 is 2.50 bits per heavy atom. The van der Waals surface area contributed by atoms with E-state index in [0.29, 0.717) is 28.1 Å². The number of pyridine rings is 1. The van der Waals surface area contributed by atoms with E-state index in [1.807, 2.05) is 25.1 Å². The van der Waals surface area contributed by atoms with E-state index in [4.69, 9.17) is 20.5 Å². The Morgan fingerprint density at radius 1 is 1.00 bits per heavy atom. The Kier molecular flexibility index (Phi) is 2.90. The normalized spacial score (nSPS) is 11.2. The highest BCUT2D eigenvalue weighted by Crippen LogP contribution is 2.27. The van der Waals surface area contributed by atoms with E-state index in [1.54, 1.807) is 18.3 Å². The molecule has 0 amide bonds. The molecule has 0 aliphatic carbocycles. The maximum absolute atomic E-state index is 5.87. The molecule has 7 heteroatoms. The first-order valence-electron chi connectivity index (χ1n) is 6.52. The number of hydrogen-bond acceptors (Lipinski definition) is 6. The van der Waals surface area contributed by atoms with Gasteiger partial charge in [-0.2, -0.15) is 0 Å². The van der Waals surface area contributed by atoms with Crippen LogP contribution in [0.2, 0.25) is 5.02 Å². The monoisotopic (exact) mass is 312 g/mol. The van der Waals surface area contributed by atoms with Crippen LogP contribution >= 0.6 is 11.6 Å². The molecule has 0 unspecified atom stereocenters. The van der Waals surface area contributed by atoms with Gasteiger partial charge in [0.1, 0.15) is 0 Å². The summed E-state index contributed by atoms with van der Waals surface area (Å²) < 4.78 is 10.8. The SMILES string of the molecule is Cc1noc2ncc(-c3nnc(-c4ccc(Cl)cc4)o3)cc12. The molecule has 3 heterocycles. The topological polar surface area (TPSA) is 77.8 Å². The molecule has 0 fully saturated rings. The smallest absolute Gasteiger partial charge is 0.257 e. The molecule has 0 bridgehead atoms. The summed E-state index contributed by atoms with van der Waals surface area (Å²) in [7, 11) is 0. The van der Waals surface area contributed by atoms with Gasteiger partial charge in [-0.05, 0) is 37.3 Å². The van der Waals surface area contributed by atoms with Crippen LogP contribution in [0.3, 0.4) is 0 Å². The predicted molar refractivity (Wildman–Crippen MR) is 80.3 cm³/mol. The van der Waals surface area contributed by atoms with Gasteiger partial charge >= 0.3 is 0 Å². The van der Waals surface area contributed by atoms with Crippen molar-refractivity contribution in [3.05, 3.63) is 47.2 Å². The number of benzene rings is 1. The number of aryl methyl sites for hydroxylation is 1. The van der Waals surface area contributed by atoms with Crippen molar-refractivity contribution >= 4 is 22.7 Å². The first-order valence-corrected chi connectivity index (χ1v) is 6.90. The zero-order valence-corrected chi connectivity index (χ0v) is 12.2. The number of aromatic nitrogens is 4. The Morgan fingerprint density at radius 2 is 1.73 bits per heavy atom. The number of fused-ring (bicyclic) bond motifs is 1. The van der Waals surface area contributed by atoms with Gasteiger partial charge in [0.15, 0.2) is 0 Å². The molecule has 6 nitrogen and oxygen atoms in total. The standard InChI is InChI=1S/C15H9ClN4O2/c1-8-12-6-10(7-17-15(12)22-20-8)14-19-18-13(21-14)9-2-4-11(16)5-3-9/h2-7H,1H3. The molecule has 0 aliphatic heterocycles. The van der Waals surface area contributed by atoms with Crippen molar-refractivity contribution in [1.82, 2.24) is 20.3 Å². The highest BCUT2D eigenvalue weighted by Gasteiger charge is 2.13. The first kappa shape index (κ1) is 13.0. The summed E-state index contributed by atoms with van der Waals surface area (Å²) in [5.74, 6) is 0.814. The van der Waals surface area contributed by atoms with Gasteiger partial charge in [-0.15, -0.1) is 10.2 Å². The number of hydrogen-bond donors (Lipinski definition) is 0. The lowest BCUT2D eigenvalue weighted by Gasteiger charge is -1.95. The molecule has 0 spiro atoms. The van der Waals surface area contributed by atoms with Gasteiger partial charge in [-0.3, -0.25) is 0 Å². The van der Waals surface area contributed by atoms with Gasteiger partial charge in [-0.25, -0.2) is 4.98 Å². The van der Waals surface area contributed by atoms with Crippen molar-refractivity contribution in [2.45, 2.75) is 6.92 Å². The van der Waals surface area contributed by atoms with Crippen LogP contribution in [0.15, 0.2) is 45.5 Å². The molecular weight excluding hydrogens is 304 g/mol. The van der Waals surface area contributed by atoms with Crippen molar-refractivity contribution in [2.75, 3.05) is 0 Å². The lowest BCUT2D eigenvalue weighted by Crippen LogP contribution is -1.81. The molecule has 0 N–H and O–H groups in total. The van der Waals surface area contributed by atoms with E-state index < -0.39 is 0 Å². The van der Waals surface area contributed by atoms with Gasteiger partial charge in [0.2, 0.25) is 11.8 Å². The third-order valence-electron chi connectivity index (χ3n) is 3.27. The Bertz CT molecular complexity index is 959. The van der Waals surface area contributed by atoms with E-state index in [0.717, 1.165) is 16.6 Å². The second-order valence-corrected chi connectivity index (χ2v) is 5.20. The van der Waals surface area contributed by atoms with E-state index in [1.165, 1.54) is 0 Å². The van der Waals surface area contributed by atoms with Gasteiger partial charge in [0.05, 0.1) is 16.6 Å². The van der Waals surface area contributed by atoms with Crippen LogP contribution in [0.1, 0.15) is 5.69 Å². The molecule has 108 valence electrons. The molecule has 22 heavy (non-hydrogen) atoms. The summed E-state index contributed by atoms with van der Waals surface area (Å²) in [5, 5.41) is 13.5. The van der Waals surface area contributed by atoms with Crippen LogP contribution in [0.4, 0.5) is 0 Å². The van der Waals surface area contributed by atoms with Crippen molar-refractivity contribution in [2.24, 2.45) is 0 Å². The van der Waals surface area contributed by atoms with Crippen molar-refractivity contribution in [3.63, 3.8) is 0 Å². The molecular formula is C15H9ClN4O2. The van der Waals surface area contributed by atoms with Crippen LogP contribution in [-0.2, 0) is 0 Å². The third-order valence-corrected chi connectivity index (χ3v) is 3.53. The highest BCUT2D eigenvalue weighted by atomic mass is 35.5. The molecule has 0 atom stereocenters. The molecule has 4 aromatic rings. The van der Waals surface area contributed by atoms with Crippen LogP contribution in [0, 0.1) is 6.92 Å². The highest BCUT2D eigenvalue weighted by molar-refractivity contribution is 6.30. The molecule has 4 rings (SSSR count). The van der Waals surface area contributed by atoms with Crippen molar-refractivity contribution < 1.29 is 8.94 Å². The van der Waals surface area contributed by atoms with Crippen molar-refractivity contribution in [3.8, 4) is 22.9 Å².